The molecule has 0 fully saturated rings. The van der Waals surface area contributed by atoms with E-state index in [9.17, 15) is 19.7 Å². The number of hydrogen-bond acceptors (Lipinski definition) is 7. The third kappa shape index (κ3) is 5.17. The fraction of sp³-hybridized carbons (Fsp3) is 0.312. The number of methoxy groups -OCH3 is 2. The van der Waals surface area contributed by atoms with Crippen molar-refractivity contribution in [3.63, 3.8) is 0 Å². The number of carboxylic acid groups (broad SMARTS) is 1. The Kier molecular flexibility index (Phi) is 6.31. The topological polar surface area (TPSA) is 146 Å². The first-order valence-electron chi connectivity index (χ1n) is 7.75. The van der Waals surface area contributed by atoms with E-state index in [-0.39, 0.29) is 18.8 Å². The van der Waals surface area contributed by atoms with Crippen LogP contribution < -0.4 is 14.8 Å². The minimum Gasteiger partial charge on any atom is -0.493 e. The minimum atomic E-state index is -1.11. The van der Waals surface area contributed by atoms with Crippen LogP contribution in [-0.4, -0.2) is 45.9 Å². The first kappa shape index (κ1) is 19.7. The zero-order valence-electron chi connectivity index (χ0n) is 14.6. The molecule has 2 rings (SSSR count). The van der Waals surface area contributed by atoms with Crippen molar-refractivity contribution in [2.24, 2.45) is 0 Å². The number of hydrogen-bond donors (Lipinski definition) is 2. The fourth-order valence-electron chi connectivity index (χ4n) is 2.42. The lowest BCUT2D eigenvalue weighted by molar-refractivity contribution is -0.389. The van der Waals surface area contributed by atoms with Crippen LogP contribution in [0.3, 0.4) is 0 Å². The SMILES string of the molecule is COc1ccc(C(CC(=O)O)NC(=O)Cn2ccc([N+](=O)[O-])n2)cc1OC. The Balaban J connectivity index is 2.17. The third-order valence-electron chi connectivity index (χ3n) is 3.64. The van der Waals surface area contributed by atoms with Gasteiger partial charge in [-0.3, -0.25) is 9.59 Å². The summed E-state index contributed by atoms with van der Waals surface area (Å²) in [5.74, 6) is -1.18. The molecule has 1 heterocycles. The van der Waals surface area contributed by atoms with Gasteiger partial charge in [-0.2, -0.15) is 4.68 Å². The molecule has 0 radical (unpaired) electrons. The minimum absolute atomic E-state index is 0.294. The number of amides is 1. The summed E-state index contributed by atoms with van der Waals surface area (Å²) in [5.41, 5.74) is 0.509. The molecule has 0 saturated heterocycles. The number of carbonyl (C=O) groups excluding carboxylic acids is 1. The maximum absolute atomic E-state index is 12.2. The molecule has 11 heteroatoms. The molecule has 0 aliphatic heterocycles. The van der Waals surface area contributed by atoms with E-state index in [1.54, 1.807) is 18.2 Å². The summed E-state index contributed by atoms with van der Waals surface area (Å²) < 4.78 is 11.4. The largest absolute Gasteiger partial charge is 0.493 e. The van der Waals surface area contributed by atoms with Gasteiger partial charge < -0.3 is 30.0 Å². The van der Waals surface area contributed by atoms with Crippen LogP contribution in [0.15, 0.2) is 30.5 Å². The Hall–Kier alpha value is -3.63. The first-order valence-corrected chi connectivity index (χ1v) is 7.75. The summed E-state index contributed by atoms with van der Waals surface area (Å²) in [6.45, 7) is -0.294. The van der Waals surface area contributed by atoms with Crippen LogP contribution in [0, 0.1) is 10.1 Å². The molecule has 1 unspecified atom stereocenters. The summed E-state index contributed by atoms with van der Waals surface area (Å²) in [5, 5.41) is 26.0. The quantitative estimate of drug-likeness (QED) is 0.488. The van der Waals surface area contributed by atoms with Crippen LogP contribution in [0.4, 0.5) is 5.82 Å². The molecule has 2 N–H and O–H groups in total. The average molecular weight is 378 g/mol. The van der Waals surface area contributed by atoms with Crippen molar-refractivity contribution < 1.29 is 29.1 Å². The number of aliphatic carboxylic acids is 1. The molecule has 0 bridgehead atoms. The highest BCUT2D eigenvalue weighted by Crippen LogP contribution is 2.31. The van der Waals surface area contributed by atoms with Crippen molar-refractivity contribution in [2.45, 2.75) is 19.0 Å². The molecule has 2 aromatic rings. The van der Waals surface area contributed by atoms with Gasteiger partial charge in [0.25, 0.3) is 0 Å². The number of benzene rings is 1. The van der Waals surface area contributed by atoms with Gasteiger partial charge in [0, 0.05) is 0 Å². The van der Waals surface area contributed by atoms with Crippen LogP contribution >= 0.6 is 0 Å². The Morgan fingerprint density at radius 2 is 2.00 bits per heavy atom. The average Bonchev–Trinajstić information content (AvgIpc) is 3.08. The van der Waals surface area contributed by atoms with Gasteiger partial charge in [-0.1, -0.05) is 6.07 Å². The lowest BCUT2D eigenvalue weighted by atomic mass is 10.0. The van der Waals surface area contributed by atoms with Crippen molar-refractivity contribution in [2.75, 3.05) is 14.2 Å². The number of nitrogens with zero attached hydrogens (tertiary/aromatic N) is 3. The van der Waals surface area contributed by atoms with Gasteiger partial charge in [-0.05, 0) is 22.6 Å². The van der Waals surface area contributed by atoms with Gasteiger partial charge in [0.05, 0.1) is 44.0 Å². The van der Waals surface area contributed by atoms with E-state index in [1.807, 2.05) is 0 Å². The van der Waals surface area contributed by atoms with Crippen LogP contribution in [0.5, 0.6) is 11.5 Å². The van der Waals surface area contributed by atoms with Gasteiger partial charge in [0.2, 0.25) is 5.91 Å². The molecule has 0 aliphatic rings. The lowest BCUT2D eigenvalue weighted by Crippen LogP contribution is -2.33. The molecular weight excluding hydrogens is 360 g/mol. The Morgan fingerprint density at radius 1 is 1.30 bits per heavy atom. The number of aromatic nitrogens is 2. The number of rotatable bonds is 9. The molecule has 1 amide bonds. The maximum Gasteiger partial charge on any atom is 0.389 e. The van der Waals surface area contributed by atoms with Crippen LogP contribution in [0.1, 0.15) is 18.0 Å². The van der Waals surface area contributed by atoms with Gasteiger partial charge in [-0.15, -0.1) is 0 Å². The molecule has 0 spiro atoms. The molecule has 11 nitrogen and oxygen atoms in total. The molecule has 27 heavy (non-hydrogen) atoms. The van der Waals surface area contributed by atoms with Crippen molar-refractivity contribution in [3.8, 4) is 11.5 Å². The molecule has 1 aromatic carbocycles. The third-order valence-corrected chi connectivity index (χ3v) is 3.64. The van der Waals surface area contributed by atoms with Gasteiger partial charge in [-0.25, -0.2) is 0 Å². The van der Waals surface area contributed by atoms with Gasteiger partial charge in [0.15, 0.2) is 11.5 Å². The summed E-state index contributed by atoms with van der Waals surface area (Å²) >= 11 is 0. The van der Waals surface area contributed by atoms with Crippen molar-refractivity contribution in [1.29, 1.82) is 0 Å². The monoisotopic (exact) mass is 378 g/mol. The van der Waals surface area contributed by atoms with Crippen molar-refractivity contribution in [3.05, 3.63) is 46.1 Å². The number of nitro groups is 1. The van der Waals surface area contributed by atoms with Crippen LogP contribution in [0.25, 0.3) is 0 Å². The lowest BCUT2D eigenvalue weighted by Gasteiger charge is -2.19. The predicted molar refractivity (Wildman–Crippen MR) is 91.6 cm³/mol. The van der Waals surface area contributed by atoms with Gasteiger partial charge in [0.1, 0.15) is 6.54 Å². The summed E-state index contributed by atoms with van der Waals surface area (Å²) in [6, 6.07) is 5.13. The Labute approximate surface area is 153 Å². The zero-order valence-corrected chi connectivity index (χ0v) is 14.6. The highest BCUT2D eigenvalue weighted by molar-refractivity contribution is 5.77. The molecule has 0 saturated carbocycles. The normalized spacial score (nSPS) is 11.5. The highest BCUT2D eigenvalue weighted by atomic mass is 16.6. The Bertz CT molecular complexity index is 849. The number of nitrogens with one attached hydrogen (secondary N) is 1. The molecule has 144 valence electrons. The first-order chi connectivity index (χ1) is 12.8. The van der Waals surface area contributed by atoms with E-state index < -0.39 is 22.8 Å². The smallest absolute Gasteiger partial charge is 0.389 e. The predicted octanol–water partition coefficient (Wildman–Crippen LogP) is 1.14. The molecule has 1 atom stereocenters. The second-order valence-corrected chi connectivity index (χ2v) is 5.46. The van der Waals surface area contributed by atoms with E-state index in [4.69, 9.17) is 14.6 Å². The summed E-state index contributed by atoms with van der Waals surface area (Å²) in [7, 11) is 2.91. The molecule has 0 aliphatic carbocycles. The molecular formula is C16H18N4O7. The van der Waals surface area contributed by atoms with E-state index >= 15 is 0 Å². The maximum atomic E-state index is 12.2. The number of carboxylic acids is 1. The van der Waals surface area contributed by atoms with Crippen LogP contribution in [-0.2, 0) is 16.1 Å². The standard InChI is InChI=1S/C16H18N4O7/c1-26-12-4-3-10(7-13(12)27-2)11(8-16(22)23)17-15(21)9-19-6-5-14(18-19)20(24)25/h3-7,11H,8-9H2,1-2H3,(H,17,21)(H,22,23). The zero-order chi connectivity index (χ0) is 20.0. The highest BCUT2D eigenvalue weighted by Gasteiger charge is 2.21. The van der Waals surface area contributed by atoms with Crippen molar-refractivity contribution >= 4 is 17.7 Å². The summed E-state index contributed by atoms with van der Waals surface area (Å²) in [6.07, 6.45) is 0.931. The molecule has 1 aromatic heterocycles. The fourth-order valence-corrected chi connectivity index (χ4v) is 2.42. The van der Waals surface area contributed by atoms with E-state index in [0.29, 0.717) is 17.1 Å². The van der Waals surface area contributed by atoms with Crippen LogP contribution in [0.2, 0.25) is 0 Å². The number of carbonyl (C=O) groups is 2. The number of ether oxygens (including phenoxy) is 2. The van der Waals surface area contributed by atoms with Crippen molar-refractivity contribution in [1.82, 2.24) is 15.1 Å². The van der Waals surface area contributed by atoms with Gasteiger partial charge >= 0.3 is 11.8 Å². The Morgan fingerprint density at radius 3 is 2.56 bits per heavy atom. The van der Waals surface area contributed by atoms with E-state index in [1.165, 1.54) is 20.4 Å². The summed E-state index contributed by atoms with van der Waals surface area (Å²) in [4.78, 5) is 33.4. The van der Waals surface area contributed by atoms with E-state index in [0.717, 1.165) is 10.7 Å². The second kappa shape index (κ2) is 8.65. The second-order valence-electron chi connectivity index (χ2n) is 5.46. The van der Waals surface area contributed by atoms with E-state index in [2.05, 4.69) is 10.4 Å².